The molecule has 1 fully saturated rings. The molecule has 1 aliphatic heterocycles. The summed E-state index contributed by atoms with van der Waals surface area (Å²) in [7, 11) is 0. The molecule has 0 aliphatic carbocycles. The van der Waals surface area contributed by atoms with Crippen molar-refractivity contribution in [2.45, 2.75) is 70.6 Å². The maximum atomic E-state index is 5.53. The van der Waals surface area contributed by atoms with E-state index in [-0.39, 0.29) is 6.23 Å². The average molecular weight is 359 g/mol. The van der Waals surface area contributed by atoms with Gasteiger partial charge in [-0.1, -0.05) is 67.7 Å². The molecule has 146 valence electrons. The van der Waals surface area contributed by atoms with Gasteiger partial charge in [0, 0.05) is 13.1 Å². The molecule has 1 saturated heterocycles. The van der Waals surface area contributed by atoms with E-state index < -0.39 is 0 Å². The highest BCUT2D eigenvalue weighted by atomic mass is 16.6. The molecule has 3 N–H and O–H groups in total. The number of nitrogens with two attached hydrogens (primary N) is 1. The van der Waals surface area contributed by atoms with Crippen LogP contribution in [0, 0.1) is 0 Å². The van der Waals surface area contributed by atoms with Crippen LogP contribution in [0.2, 0.25) is 0 Å². The van der Waals surface area contributed by atoms with Crippen LogP contribution in [0.3, 0.4) is 0 Å². The number of unbranched alkanes of at least 4 members (excludes halogenated alkanes) is 1. The van der Waals surface area contributed by atoms with E-state index in [1.54, 1.807) is 0 Å². The van der Waals surface area contributed by atoms with Gasteiger partial charge >= 0.3 is 0 Å². The summed E-state index contributed by atoms with van der Waals surface area (Å²) in [5.41, 5.74) is 5.45. The molecule has 0 aromatic rings. The van der Waals surface area contributed by atoms with Crippen molar-refractivity contribution in [3.05, 3.63) is 60.8 Å². The third-order valence-corrected chi connectivity index (χ3v) is 4.09. The Hall–Kier alpha value is -1.42. The molecule has 0 aromatic heterocycles. The van der Waals surface area contributed by atoms with Crippen LogP contribution in [0.5, 0.6) is 0 Å². The van der Waals surface area contributed by atoms with E-state index in [4.69, 9.17) is 10.5 Å². The normalized spacial score (nSPS) is 20.7. The van der Waals surface area contributed by atoms with Gasteiger partial charge in [-0.25, -0.2) is 0 Å². The van der Waals surface area contributed by atoms with Gasteiger partial charge in [0.05, 0.1) is 6.10 Å². The number of ether oxygens (including phenoxy) is 1. The Bertz CT molecular complexity index is 463. The van der Waals surface area contributed by atoms with Gasteiger partial charge in [-0.05, 0) is 51.4 Å². The van der Waals surface area contributed by atoms with Crippen molar-refractivity contribution in [1.82, 2.24) is 5.32 Å². The summed E-state index contributed by atoms with van der Waals surface area (Å²) >= 11 is 0. The van der Waals surface area contributed by atoms with Gasteiger partial charge in [-0.2, -0.15) is 0 Å². The van der Waals surface area contributed by atoms with Gasteiger partial charge in [0.25, 0.3) is 0 Å². The van der Waals surface area contributed by atoms with Crippen LogP contribution >= 0.6 is 0 Å². The van der Waals surface area contributed by atoms with Gasteiger partial charge in [-0.3, -0.25) is 5.32 Å². The van der Waals surface area contributed by atoms with Crippen molar-refractivity contribution in [1.29, 1.82) is 0 Å². The lowest BCUT2D eigenvalue weighted by atomic mass is 10.1. The van der Waals surface area contributed by atoms with Gasteiger partial charge in [0.15, 0.2) is 0 Å². The lowest BCUT2D eigenvalue weighted by Gasteiger charge is -1.96. The SMILES string of the molecule is CCC=CCC=CCC=CCC=CCC=CCCCC1OC1NCCN. The van der Waals surface area contributed by atoms with Crippen molar-refractivity contribution in [3.63, 3.8) is 0 Å². The Morgan fingerprint density at radius 1 is 0.808 bits per heavy atom. The van der Waals surface area contributed by atoms with Crippen LogP contribution in [0.4, 0.5) is 0 Å². The number of rotatable bonds is 16. The largest absolute Gasteiger partial charge is 0.353 e. The molecule has 3 heteroatoms. The molecule has 2 atom stereocenters. The molecular formula is C23H38N2O. The van der Waals surface area contributed by atoms with Crippen LogP contribution in [0.1, 0.15) is 58.3 Å². The quantitative estimate of drug-likeness (QED) is 0.227. The fourth-order valence-electron chi connectivity index (χ4n) is 2.57. The van der Waals surface area contributed by atoms with Crippen molar-refractivity contribution in [3.8, 4) is 0 Å². The number of hydrogen-bond acceptors (Lipinski definition) is 3. The molecule has 0 aromatic carbocycles. The summed E-state index contributed by atoms with van der Waals surface area (Å²) in [6.07, 6.45) is 31.7. The smallest absolute Gasteiger partial charge is 0.135 e. The molecule has 2 unspecified atom stereocenters. The van der Waals surface area contributed by atoms with E-state index in [2.05, 4.69) is 73.0 Å². The van der Waals surface area contributed by atoms with Crippen LogP contribution in [-0.2, 0) is 4.74 Å². The highest BCUT2D eigenvalue weighted by Gasteiger charge is 2.36. The second-order valence-electron chi connectivity index (χ2n) is 6.48. The van der Waals surface area contributed by atoms with Crippen molar-refractivity contribution < 1.29 is 4.74 Å². The first-order valence-corrected chi connectivity index (χ1v) is 10.2. The lowest BCUT2D eigenvalue weighted by Crippen LogP contribution is -2.26. The molecule has 26 heavy (non-hydrogen) atoms. The zero-order valence-electron chi connectivity index (χ0n) is 16.5. The van der Waals surface area contributed by atoms with E-state index in [0.717, 1.165) is 51.5 Å². The second-order valence-corrected chi connectivity index (χ2v) is 6.48. The summed E-state index contributed by atoms with van der Waals surface area (Å²) in [4.78, 5) is 0. The zero-order valence-corrected chi connectivity index (χ0v) is 16.5. The molecule has 0 saturated carbocycles. The summed E-state index contributed by atoms with van der Waals surface area (Å²) in [5.74, 6) is 0. The lowest BCUT2D eigenvalue weighted by molar-refractivity contribution is 0.339. The highest BCUT2D eigenvalue weighted by Crippen LogP contribution is 2.24. The topological polar surface area (TPSA) is 50.6 Å². The summed E-state index contributed by atoms with van der Waals surface area (Å²) < 4.78 is 5.53. The Balaban J connectivity index is 1.87. The number of nitrogens with one attached hydrogen (secondary N) is 1. The van der Waals surface area contributed by atoms with Crippen LogP contribution in [0.25, 0.3) is 0 Å². The van der Waals surface area contributed by atoms with Gasteiger partial charge in [0.2, 0.25) is 0 Å². The van der Waals surface area contributed by atoms with Crippen LogP contribution in [0.15, 0.2) is 60.8 Å². The van der Waals surface area contributed by atoms with E-state index >= 15 is 0 Å². The van der Waals surface area contributed by atoms with Crippen molar-refractivity contribution >= 4 is 0 Å². The third-order valence-electron chi connectivity index (χ3n) is 4.09. The predicted molar refractivity (Wildman–Crippen MR) is 114 cm³/mol. The number of hydrogen-bond donors (Lipinski definition) is 2. The molecule has 0 radical (unpaired) electrons. The Morgan fingerprint density at radius 2 is 1.35 bits per heavy atom. The predicted octanol–water partition coefficient (Wildman–Crippen LogP) is 5.18. The molecule has 0 spiro atoms. The Labute approximate surface area is 160 Å². The van der Waals surface area contributed by atoms with Crippen molar-refractivity contribution in [2.75, 3.05) is 13.1 Å². The first kappa shape index (κ1) is 22.6. The van der Waals surface area contributed by atoms with Gasteiger partial charge < -0.3 is 10.5 Å². The molecule has 3 nitrogen and oxygen atoms in total. The number of epoxide rings is 1. The molecule has 1 rings (SSSR count). The monoisotopic (exact) mass is 358 g/mol. The maximum absolute atomic E-state index is 5.53. The fraction of sp³-hybridized carbons (Fsp3) is 0.565. The maximum Gasteiger partial charge on any atom is 0.135 e. The number of allylic oxidation sites excluding steroid dienone is 10. The average Bonchev–Trinajstić information content (AvgIpc) is 3.40. The minimum Gasteiger partial charge on any atom is -0.353 e. The minimum absolute atomic E-state index is 0.256. The van der Waals surface area contributed by atoms with E-state index in [1.165, 1.54) is 6.42 Å². The van der Waals surface area contributed by atoms with Crippen LogP contribution < -0.4 is 11.1 Å². The Morgan fingerprint density at radius 3 is 1.88 bits per heavy atom. The van der Waals surface area contributed by atoms with E-state index in [9.17, 15) is 0 Å². The molecule has 1 heterocycles. The van der Waals surface area contributed by atoms with E-state index in [1.807, 2.05) is 0 Å². The second kappa shape index (κ2) is 17.0. The molecule has 0 amide bonds. The molecule has 1 aliphatic rings. The Kier molecular flexibility index (Phi) is 14.8. The molecular weight excluding hydrogens is 320 g/mol. The zero-order chi connectivity index (χ0) is 18.7. The minimum atomic E-state index is 0.256. The standard InChI is InChI=1S/C23H38N2O/c1-2-3-4-5-6-7-8-9-10-11-12-13-14-15-16-17-18-19-22-23(26-22)25-21-20-24/h3-4,6-7,9-10,12-13,15-16,22-23,25H,2,5,8,11,14,17-21,24H2,1H3. The summed E-state index contributed by atoms with van der Waals surface area (Å²) in [5, 5.41) is 3.28. The van der Waals surface area contributed by atoms with Gasteiger partial charge in [-0.15, -0.1) is 0 Å². The highest BCUT2D eigenvalue weighted by molar-refractivity contribution is 5.00. The van der Waals surface area contributed by atoms with Gasteiger partial charge in [0.1, 0.15) is 6.23 Å². The first-order valence-electron chi connectivity index (χ1n) is 10.2. The van der Waals surface area contributed by atoms with E-state index in [0.29, 0.717) is 12.6 Å². The first-order chi connectivity index (χ1) is 12.9. The van der Waals surface area contributed by atoms with Crippen molar-refractivity contribution in [2.24, 2.45) is 5.73 Å². The summed E-state index contributed by atoms with van der Waals surface area (Å²) in [6, 6.07) is 0. The third kappa shape index (κ3) is 13.8. The summed E-state index contributed by atoms with van der Waals surface area (Å²) in [6.45, 7) is 3.68. The van der Waals surface area contributed by atoms with Crippen LogP contribution in [-0.4, -0.2) is 25.4 Å². The molecule has 0 bridgehead atoms. The fourth-order valence-corrected chi connectivity index (χ4v) is 2.57.